The van der Waals surface area contributed by atoms with Crippen molar-refractivity contribution in [2.45, 2.75) is 6.92 Å². The van der Waals surface area contributed by atoms with Gasteiger partial charge in [-0.2, -0.15) is 0 Å². The summed E-state index contributed by atoms with van der Waals surface area (Å²) in [6.07, 6.45) is 0. The third-order valence-corrected chi connectivity index (χ3v) is 3.09. The normalized spacial score (nSPS) is 13.3. The van der Waals surface area contributed by atoms with Crippen molar-refractivity contribution in [3.63, 3.8) is 0 Å². The first-order valence-corrected chi connectivity index (χ1v) is 6.50. The highest BCUT2D eigenvalue weighted by molar-refractivity contribution is 6.76. The summed E-state index contributed by atoms with van der Waals surface area (Å²) in [5.41, 5.74) is 3.22. The fourth-order valence-electron chi connectivity index (χ4n) is 2.21. The smallest absolute Gasteiger partial charge is 0.430 e. The fraction of sp³-hybridized carbons (Fsp3) is 0.133. The van der Waals surface area contributed by atoms with Gasteiger partial charge in [0.15, 0.2) is 0 Å². The third kappa shape index (κ3) is 2.34. The molecule has 3 rings (SSSR count). The van der Waals surface area contributed by atoms with Gasteiger partial charge in [-0.15, -0.1) is 0 Å². The van der Waals surface area contributed by atoms with Gasteiger partial charge in [0.2, 0.25) is 5.90 Å². The Labute approximate surface area is 113 Å². The molecule has 0 aliphatic carbocycles. The van der Waals surface area contributed by atoms with E-state index in [1.54, 1.807) is 0 Å². The van der Waals surface area contributed by atoms with Gasteiger partial charge in [-0.05, 0) is 24.5 Å². The van der Waals surface area contributed by atoms with Gasteiger partial charge in [-0.1, -0.05) is 42.5 Å². The highest BCUT2D eigenvalue weighted by Gasteiger charge is 2.26. The summed E-state index contributed by atoms with van der Waals surface area (Å²) in [5, 5.41) is 3.43. The van der Waals surface area contributed by atoms with E-state index < -0.39 is 0 Å². The van der Waals surface area contributed by atoms with Gasteiger partial charge >= 0.3 is 6.98 Å². The first-order valence-electron chi connectivity index (χ1n) is 6.50. The van der Waals surface area contributed by atoms with E-state index >= 15 is 0 Å². The number of ether oxygens (including phenoxy) is 1. The summed E-state index contributed by atoms with van der Waals surface area (Å²) >= 11 is 0. The van der Waals surface area contributed by atoms with Crippen LogP contribution in [0.5, 0.6) is 0 Å². The van der Waals surface area contributed by atoms with Crippen molar-refractivity contribution >= 4 is 24.0 Å². The maximum absolute atomic E-state index is 5.67. The first-order chi connectivity index (χ1) is 9.38. The number of benzene rings is 2. The molecule has 3 nitrogen and oxygen atoms in total. The molecule has 1 aliphatic heterocycles. The summed E-state index contributed by atoms with van der Waals surface area (Å²) < 4.78 is 5.67. The Bertz CT molecular complexity index is 598. The maximum Gasteiger partial charge on any atom is 0.430 e. The number of nitrogens with one attached hydrogen (secondary N) is 1. The summed E-state index contributed by atoms with van der Waals surface area (Å²) in [7, 11) is 0. The predicted molar refractivity (Wildman–Crippen MR) is 80.1 cm³/mol. The Morgan fingerprint density at radius 2 is 1.79 bits per heavy atom. The Balaban J connectivity index is 2.01. The molecule has 0 radical (unpaired) electrons. The first kappa shape index (κ1) is 11.8. The van der Waals surface area contributed by atoms with E-state index in [-0.39, 0.29) is 6.98 Å². The molecule has 0 aromatic heterocycles. The largest absolute Gasteiger partial charge is 0.479 e. The van der Waals surface area contributed by atoms with Crippen molar-refractivity contribution in [3.8, 4) is 0 Å². The van der Waals surface area contributed by atoms with Crippen LogP contribution in [0.25, 0.3) is 0 Å². The van der Waals surface area contributed by atoms with Gasteiger partial charge in [0.1, 0.15) is 0 Å². The molecule has 0 spiro atoms. The zero-order valence-electron chi connectivity index (χ0n) is 10.8. The fourth-order valence-corrected chi connectivity index (χ4v) is 2.21. The lowest BCUT2D eigenvalue weighted by Gasteiger charge is -2.23. The molecule has 0 amide bonds. The van der Waals surface area contributed by atoms with Crippen LogP contribution in [0.4, 0.5) is 5.69 Å². The van der Waals surface area contributed by atoms with E-state index in [9.17, 15) is 0 Å². The Morgan fingerprint density at radius 3 is 2.58 bits per heavy atom. The second-order valence-corrected chi connectivity index (χ2v) is 4.37. The number of para-hydroxylation sites is 1. The number of anilines is 1. The molecule has 1 N–H and O–H groups in total. The lowest BCUT2D eigenvalue weighted by molar-refractivity contribution is 0.329. The van der Waals surface area contributed by atoms with Gasteiger partial charge in [0, 0.05) is 5.69 Å². The third-order valence-electron chi connectivity index (χ3n) is 3.09. The van der Waals surface area contributed by atoms with Crippen molar-refractivity contribution in [1.29, 1.82) is 0 Å². The van der Waals surface area contributed by atoms with Crippen LogP contribution in [0, 0.1) is 0 Å². The van der Waals surface area contributed by atoms with Crippen LogP contribution in [0.3, 0.4) is 0 Å². The molecule has 0 atom stereocenters. The van der Waals surface area contributed by atoms with Gasteiger partial charge in [0.05, 0.1) is 12.2 Å². The van der Waals surface area contributed by atoms with E-state index in [1.807, 2.05) is 43.3 Å². The molecule has 2 aromatic rings. The number of rotatable bonds is 2. The topological polar surface area (TPSA) is 33.6 Å². The Hall–Kier alpha value is -2.23. The molecular weight excluding hydrogens is 235 g/mol. The van der Waals surface area contributed by atoms with Crippen LogP contribution in [0.2, 0.25) is 0 Å². The van der Waals surface area contributed by atoms with E-state index in [0.717, 1.165) is 16.7 Å². The van der Waals surface area contributed by atoms with Crippen LogP contribution in [-0.2, 0) is 4.74 Å². The molecule has 0 bridgehead atoms. The minimum Gasteiger partial charge on any atom is -0.479 e. The molecule has 2 aromatic carbocycles. The van der Waals surface area contributed by atoms with Crippen LogP contribution in [0.15, 0.2) is 59.5 Å². The summed E-state index contributed by atoms with van der Waals surface area (Å²) in [6, 6.07) is 18.3. The standard InChI is InChI=1S/C15H15BN2O/c1-2-19-15-13-10-6-7-11-14(13)17-16(18-15)12-8-4-3-5-9-12/h3-11,17H,2H2,1H3. The molecule has 1 aliphatic rings. The van der Waals surface area contributed by atoms with Gasteiger partial charge < -0.3 is 9.96 Å². The summed E-state index contributed by atoms with van der Waals surface area (Å²) in [6.45, 7) is 2.51. The van der Waals surface area contributed by atoms with Crippen molar-refractivity contribution in [2.75, 3.05) is 11.8 Å². The maximum atomic E-state index is 5.67. The summed E-state index contributed by atoms with van der Waals surface area (Å²) in [5.74, 6) is 0.714. The average molecular weight is 250 g/mol. The number of hydrogen-bond acceptors (Lipinski definition) is 3. The van der Waals surface area contributed by atoms with E-state index in [0.29, 0.717) is 12.5 Å². The van der Waals surface area contributed by atoms with Crippen molar-refractivity contribution < 1.29 is 4.74 Å². The molecule has 4 heteroatoms. The molecule has 0 saturated heterocycles. The Morgan fingerprint density at radius 1 is 1.05 bits per heavy atom. The quantitative estimate of drug-likeness (QED) is 0.829. The van der Waals surface area contributed by atoms with E-state index in [2.05, 4.69) is 28.3 Å². The van der Waals surface area contributed by atoms with Crippen molar-refractivity contribution in [2.24, 2.45) is 4.90 Å². The molecule has 94 valence electrons. The monoisotopic (exact) mass is 250 g/mol. The zero-order valence-corrected chi connectivity index (χ0v) is 10.8. The lowest BCUT2D eigenvalue weighted by Crippen LogP contribution is -2.41. The molecule has 0 saturated carbocycles. The zero-order chi connectivity index (χ0) is 13.1. The van der Waals surface area contributed by atoms with Gasteiger partial charge in [-0.3, -0.25) is 4.90 Å². The molecular formula is C15H15BN2O. The van der Waals surface area contributed by atoms with Crippen molar-refractivity contribution in [3.05, 3.63) is 60.2 Å². The number of nitrogens with zero attached hydrogens (tertiary/aromatic N) is 1. The van der Waals surface area contributed by atoms with Crippen LogP contribution in [-0.4, -0.2) is 19.5 Å². The minimum atomic E-state index is -0.0855. The lowest BCUT2D eigenvalue weighted by atomic mass is 9.67. The van der Waals surface area contributed by atoms with Crippen LogP contribution < -0.4 is 10.7 Å². The van der Waals surface area contributed by atoms with E-state index in [1.165, 1.54) is 0 Å². The second kappa shape index (κ2) is 5.18. The minimum absolute atomic E-state index is 0.0855. The van der Waals surface area contributed by atoms with Crippen molar-refractivity contribution in [1.82, 2.24) is 0 Å². The summed E-state index contributed by atoms with van der Waals surface area (Å²) in [4.78, 5) is 4.67. The highest BCUT2D eigenvalue weighted by atomic mass is 16.5. The SMILES string of the molecule is CCOC1=NB(c2ccccc2)Nc2ccccc21. The average Bonchev–Trinajstić information content (AvgIpc) is 2.48. The Kier molecular flexibility index (Phi) is 3.23. The molecule has 1 heterocycles. The molecule has 0 unspecified atom stereocenters. The molecule has 19 heavy (non-hydrogen) atoms. The van der Waals surface area contributed by atoms with Crippen LogP contribution >= 0.6 is 0 Å². The van der Waals surface area contributed by atoms with Gasteiger partial charge in [-0.25, -0.2) is 0 Å². The molecule has 0 fully saturated rings. The van der Waals surface area contributed by atoms with Gasteiger partial charge in [0.25, 0.3) is 0 Å². The highest BCUT2D eigenvalue weighted by Crippen LogP contribution is 2.21. The number of hydrogen-bond donors (Lipinski definition) is 1. The van der Waals surface area contributed by atoms with E-state index in [4.69, 9.17) is 4.74 Å². The second-order valence-electron chi connectivity index (χ2n) is 4.37. The van der Waals surface area contributed by atoms with Crippen LogP contribution in [0.1, 0.15) is 12.5 Å². The predicted octanol–water partition coefficient (Wildman–Crippen LogP) is 2.29. The number of fused-ring (bicyclic) bond motifs is 1.